The molecule has 0 unspecified atom stereocenters. The third kappa shape index (κ3) is 2.81. The van der Waals surface area contributed by atoms with E-state index in [1.165, 1.54) is 7.11 Å². The first-order chi connectivity index (χ1) is 5.94. The number of ether oxygens (including phenoxy) is 1. The Kier molecular flexibility index (Phi) is 3.13. The van der Waals surface area contributed by atoms with Crippen molar-refractivity contribution in [3.05, 3.63) is 0 Å². The molecule has 2 atom stereocenters. The second-order valence-corrected chi connectivity index (χ2v) is 8.94. The van der Waals surface area contributed by atoms with Crippen LogP contribution in [-0.2, 0) is 14.0 Å². The molecule has 0 spiro atoms. The minimum absolute atomic E-state index is 0.00303. The highest BCUT2D eigenvalue weighted by molar-refractivity contribution is 6.69. The number of esters is 1. The second-order valence-electron chi connectivity index (χ2n) is 4.48. The van der Waals surface area contributed by atoms with Crippen molar-refractivity contribution in [2.75, 3.05) is 7.11 Å². The normalized spacial score (nSPS) is 28.0. The fourth-order valence-corrected chi connectivity index (χ4v) is 2.68. The lowest BCUT2D eigenvalue weighted by Gasteiger charge is -2.38. The van der Waals surface area contributed by atoms with Crippen LogP contribution >= 0.6 is 0 Å². The average Bonchev–Trinajstić information content (AvgIpc) is 1.96. The Labute approximate surface area is 80.5 Å². The third-order valence-corrected chi connectivity index (χ3v) is 3.23. The van der Waals surface area contributed by atoms with Crippen molar-refractivity contribution in [2.24, 2.45) is 5.92 Å². The van der Waals surface area contributed by atoms with Gasteiger partial charge in [-0.2, -0.15) is 0 Å². The molecule has 0 saturated heterocycles. The molecular weight excluding hydrogens is 184 g/mol. The maximum absolute atomic E-state index is 11.2. The van der Waals surface area contributed by atoms with Gasteiger partial charge in [-0.05, 0) is 32.5 Å². The van der Waals surface area contributed by atoms with Crippen molar-refractivity contribution < 1.29 is 14.0 Å². The molecule has 1 rings (SSSR count). The standard InChI is InChI=1S/C9H18O3Si/c1-11-9(10)7-5-6-8(7)12-13(2,3)4/h7-8H,5-6H2,1-4H3/t7-,8+/m0/s1. The molecule has 1 saturated carbocycles. The van der Waals surface area contributed by atoms with Crippen LogP contribution in [0.3, 0.4) is 0 Å². The maximum Gasteiger partial charge on any atom is 0.311 e. The molecule has 0 aliphatic heterocycles. The zero-order valence-electron chi connectivity index (χ0n) is 8.79. The lowest BCUT2D eigenvalue weighted by molar-refractivity contribution is -0.154. The van der Waals surface area contributed by atoms with Gasteiger partial charge in [0.25, 0.3) is 0 Å². The van der Waals surface area contributed by atoms with Gasteiger partial charge >= 0.3 is 5.97 Å². The predicted molar refractivity (Wildman–Crippen MR) is 53.0 cm³/mol. The SMILES string of the molecule is COC(=O)[C@H]1CC[C@H]1O[Si](C)(C)C. The fourth-order valence-electron chi connectivity index (χ4n) is 1.49. The van der Waals surface area contributed by atoms with Crippen LogP contribution in [0, 0.1) is 5.92 Å². The van der Waals surface area contributed by atoms with Crippen LogP contribution in [0.1, 0.15) is 12.8 Å². The lowest BCUT2D eigenvalue weighted by atomic mass is 9.82. The Bertz CT molecular complexity index is 198. The quantitative estimate of drug-likeness (QED) is 0.517. The first kappa shape index (κ1) is 10.7. The molecule has 0 radical (unpaired) electrons. The number of hydrogen-bond donors (Lipinski definition) is 0. The van der Waals surface area contributed by atoms with E-state index in [-0.39, 0.29) is 18.0 Å². The zero-order valence-corrected chi connectivity index (χ0v) is 9.79. The van der Waals surface area contributed by atoms with Gasteiger partial charge in [0, 0.05) is 0 Å². The number of carbonyl (C=O) groups excluding carboxylic acids is 1. The number of rotatable bonds is 3. The van der Waals surface area contributed by atoms with Crippen LogP contribution in [0.4, 0.5) is 0 Å². The molecule has 13 heavy (non-hydrogen) atoms. The van der Waals surface area contributed by atoms with Crippen molar-refractivity contribution in [3.8, 4) is 0 Å². The van der Waals surface area contributed by atoms with E-state index < -0.39 is 8.32 Å². The molecule has 0 amide bonds. The van der Waals surface area contributed by atoms with Crippen LogP contribution in [0.5, 0.6) is 0 Å². The third-order valence-electron chi connectivity index (χ3n) is 2.22. The average molecular weight is 202 g/mol. The van der Waals surface area contributed by atoms with E-state index in [4.69, 9.17) is 9.16 Å². The van der Waals surface area contributed by atoms with Crippen molar-refractivity contribution in [3.63, 3.8) is 0 Å². The molecule has 76 valence electrons. The first-order valence-electron chi connectivity index (χ1n) is 4.69. The Balaban J connectivity index is 2.41. The summed E-state index contributed by atoms with van der Waals surface area (Å²) in [5.74, 6) is -0.119. The van der Waals surface area contributed by atoms with Gasteiger partial charge in [0.1, 0.15) is 0 Å². The second kappa shape index (κ2) is 3.80. The van der Waals surface area contributed by atoms with Gasteiger partial charge in [-0.15, -0.1) is 0 Å². The van der Waals surface area contributed by atoms with Gasteiger partial charge in [-0.3, -0.25) is 4.79 Å². The summed E-state index contributed by atoms with van der Waals surface area (Å²) in [6, 6.07) is 0. The van der Waals surface area contributed by atoms with Gasteiger partial charge in [-0.25, -0.2) is 0 Å². The number of methoxy groups -OCH3 is 1. The van der Waals surface area contributed by atoms with Crippen LogP contribution in [0.2, 0.25) is 19.6 Å². The summed E-state index contributed by atoms with van der Waals surface area (Å²) < 4.78 is 10.5. The zero-order chi connectivity index (χ0) is 10.1. The Morgan fingerprint density at radius 2 is 1.92 bits per heavy atom. The predicted octanol–water partition coefficient (Wildman–Crippen LogP) is 1.79. The smallest absolute Gasteiger partial charge is 0.311 e. The lowest BCUT2D eigenvalue weighted by Crippen LogP contribution is -2.45. The van der Waals surface area contributed by atoms with Crippen LogP contribution in [-0.4, -0.2) is 27.5 Å². The van der Waals surface area contributed by atoms with E-state index in [0.717, 1.165) is 12.8 Å². The first-order valence-corrected chi connectivity index (χ1v) is 8.10. The van der Waals surface area contributed by atoms with E-state index in [2.05, 4.69) is 19.6 Å². The van der Waals surface area contributed by atoms with Crippen LogP contribution in [0.15, 0.2) is 0 Å². The van der Waals surface area contributed by atoms with Crippen LogP contribution in [0.25, 0.3) is 0 Å². The molecular formula is C9H18O3Si. The van der Waals surface area contributed by atoms with E-state index in [0.29, 0.717) is 0 Å². The summed E-state index contributed by atoms with van der Waals surface area (Å²) in [5.41, 5.74) is 0. The molecule has 0 aromatic heterocycles. The fraction of sp³-hybridized carbons (Fsp3) is 0.889. The molecule has 0 aromatic rings. The molecule has 0 bridgehead atoms. The molecule has 1 aliphatic rings. The van der Waals surface area contributed by atoms with Crippen molar-refractivity contribution in [1.29, 1.82) is 0 Å². The Morgan fingerprint density at radius 3 is 2.23 bits per heavy atom. The van der Waals surface area contributed by atoms with E-state index >= 15 is 0 Å². The number of hydrogen-bond acceptors (Lipinski definition) is 3. The summed E-state index contributed by atoms with van der Waals surface area (Å²) in [7, 11) is -0.0615. The van der Waals surface area contributed by atoms with Crippen molar-refractivity contribution >= 4 is 14.3 Å². The number of carbonyl (C=O) groups is 1. The Morgan fingerprint density at radius 1 is 1.31 bits per heavy atom. The van der Waals surface area contributed by atoms with Crippen molar-refractivity contribution in [1.82, 2.24) is 0 Å². The van der Waals surface area contributed by atoms with E-state index in [1.807, 2.05) is 0 Å². The minimum Gasteiger partial charge on any atom is -0.469 e. The highest BCUT2D eigenvalue weighted by atomic mass is 28.4. The molecule has 0 aromatic carbocycles. The van der Waals surface area contributed by atoms with Gasteiger partial charge in [-0.1, -0.05) is 0 Å². The summed E-state index contributed by atoms with van der Waals surface area (Å²) in [5, 5.41) is 0. The topological polar surface area (TPSA) is 35.5 Å². The monoisotopic (exact) mass is 202 g/mol. The minimum atomic E-state index is -1.50. The van der Waals surface area contributed by atoms with Gasteiger partial charge in [0.15, 0.2) is 8.32 Å². The highest BCUT2D eigenvalue weighted by Gasteiger charge is 2.40. The maximum atomic E-state index is 11.2. The Hall–Kier alpha value is -0.353. The van der Waals surface area contributed by atoms with E-state index in [9.17, 15) is 4.79 Å². The highest BCUT2D eigenvalue weighted by Crippen LogP contribution is 2.33. The molecule has 4 heteroatoms. The molecule has 1 aliphatic carbocycles. The summed E-state index contributed by atoms with van der Waals surface area (Å²) in [4.78, 5) is 11.2. The summed E-state index contributed by atoms with van der Waals surface area (Å²) in [6.45, 7) is 6.42. The molecule has 3 nitrogen and oxygen atoms in total. The summed E-state index contributed by atoms with van der Waals surface area (Å²) >= 11 is 0. The van der Waals surface area contributed by atoms with Crippen molar-refractivity contribution in [2.45, 2.75) is 38.6 Å². The van der Waals surface area contributed by atoms with Gasteiger partial charge < -0.3 is 9.16 Å². The molecule has 1 fully saturated rings. The van der Waals surface area contributed by atoms with Gasteiger partial charge in [0.05, 0.1) is 19.1 Å². The molecule has 0 N–H and O–H groups in total. The molecule has 0 heterocycles. The largest absolute Gasteiger partial charge is 0.469 e. The summed E-state index contributed by atoms with van der Waals surface area (Å²) in [6.07, 6.45) is 2.05. The van der Waals surface area contributed by atoms with E-state index in [1.54, 1.807) is 0 Å². The van der Waals surface area contributed by atoms with Gasteiger partial charge in [0.2, 0.25) is 0 Å². The van der Waals surface area contributed by atoms with Crippen LogP contribution < -0.4 is 0 Å².